The molecule has 9 rings (SSSR count). The molecule has 0 bridgehead atoms. The molecule has 1 aliphatic carbocycles. The van der Waals surface area contributed by atoms with Crippen LogP contribution in [0.3, 0.4) is 0 Å². The summed E-state index contributed by atoms with van der Waals surface area (Å²) in [5, 5.41) is 10.9. The van der Waals surface area contributed by atoms with E-state index in [1.54, 1.807) is 0 Å². The fraction of sp³-hybridized carbons (Fsp3) is 0.150. The fourth-order valence-electron chi connectivity index (χ4n) is 7.76. The number of para-hydroxylation sites is 2. The Morgan fingerprint density at radius 3 is 1.80 bits per heavy atom. The molecule has 1 fully saturated rings. The Morgan fingerprint density at radius 2 is 1.10 bits per heavy atom. The van der Waals surface area contributed by atoms with Crippen molar-refractivity contribution in [3.8, 4) is 16.8 Å². The number of benzene rings is 7. The van der Waals surface area contributed by atoms with Crippen LogP contribution in [0.5, 0.6) is 0 Å². The molecule has 0 N–H and O–H groups in total. The summed E-state index contributed by atoms with van der Waals surface area (Å²) in [7, 11) is 0. The minimum Gasteiger partial charge on any atom is -0.309 e. The lowest BCUT2D eigenvalue weighted by atomic mass is 9.81. The standard InChI is InChI=1S/C40H31N/c1-2-8-26(9-3-1)31-24-29-15-14-28-18-22-33(36-23-19-30(25-31)39(29)40(28)36)27-16-20-32(21-17-27)41-37-12-6-4-10-34(37)35-11-5-7-13-38(35)41/h4-7,10-26H,1-3,8-9H2. The lowest BCUT2D eigenvalue weighted by molar-refractivity contribution is 0.444. The van der Waals surface area contributed by atoms with Gasteiger partial charge in [0.2, 0.25) is 0 Å². The second kappa shape index (κ2) is 8.94. The Hall–Kier alpha value is -4.62. The second-order valence-corrected chi connectivity index (χ2v) is 12.0. The summed E-state index contributed by atoms with van der Waals surface area (Å²) in [4.78, 5) is 0. The lowest BCUT2D eigenvalue weighted by Gasteiger charge is -2.23. The zero-order chi connectivity index (χ0) is 26.9. The summed E-state index contributed by atoms with van der Waals surface area (Å²) >= 11 is 0. The second-order valence-electron chi connectivity index (χ2n) is 12.0. The molecule has 1 saturated carbocycles. The van der Waals surface area contributed by atoms with Crippen molar-refractivity contribution in [1.82, 2.24) is 4.57 Å². The summed E-state index contributed by atoms with van der Waals surface area (Å²) in [5.41, 5.74) is 7.79. The Kier molecular flexibility index (Phi) is 5.04. The average molecular weight is 526 g/mol. The first-order chi connectivity index (χ1) is 20.3. The summed E-state index contributed by atoms with van der Waals surface area (Å²) in [5.74, 6) is 0.717. The molecule has 196 valence electrons. The van der Waals surface area contributed by atoms with Crippen LogP contribution in [0, 0.1) is 0 Å². The van der Waals surface area contributed by atoms with E-state index < -0.39 is 0 Å². The summed E-state index contributed by atoms with van der Waals surface area (Å²) in [6, 6.07) is 45.6. The molecule has 0 atom stereocenters. The van der Waals surface area contributed by atoms with E-state index in [0.717, 1.165) is 0 Å². The maximum Gasteiger partial charge on any atom is 0.0541 e. The van der Waals surface area contributed by atoms with E-state index >= 15 is 0 Å². The van der Waals surface area contributed by atoms with E-state index in [2.05, 4.69) is 126 Å². The Balaban J connectivity index is 1.19. The minimum absolute atomic E-state index is 0.717. The highest BCUT2D eigenvalue weighted by Gasteiger charge is 2.19. The molecule has 1 nitrogen and oxygen atoms in total. The molecule has 1 heterocycles. The van der Waals surface area contributed by atoms with Crippen molar-refractivity contribution in [2.24, 2.45) is 0 Å². The molecule has 0 amide bonds. The molecule has 0 saturated heterocycles. The number of nitrogens with zero attached hydrogens (tertiary/aromatic N) is 1. The third-order valence-corrected chi connectivity index (χ3v) is 9.71. The first-order valence-electron chi connectivity index (χ1n) is 15.1. The van der Waals surface area contributed by atoms with Crippen LogP contribution < -0.4 is 0 Å². The summed E-state index contributed by atoms with van der Waals surface area (Å²) in [6.45, 7) is 0. The van der Waals surface area contributed by atoms with Crippen molar-refractivity contribution in [1.29, 1.82) is 0 Å². The minimum atomic E-state index is 0.717. The van der Waals surface area contributed by atoms with Crippen molar-refractivity contribution >= 4 is 54.1 Å². The van der Waals surface area contributed by atoms with Crippen molar-refractivity contribution in [2.45, 2.75) is 38.0 Å². The summed E-state index contributed by atoms with van der Waals surface area (Å²) in [6.07, 6.45) is 6.81. The van der Waals surface area contributed by atoms with Crippen molar-refractivity contribution in [3.05, 3.63) is 127 Å². The van der Waals surface area contributed by atoms with Gasteiger partial charge in [-0.3, -0.25) is 0 Å². The average Bonchev–Trinajstić information content (AvgIpc) is 3.38. The van der Waals surface area contributed by atoms with Crippen LogP contribution in [0.15, 0.2) is 121 Å². The molecule has 1 aliphatic rings. The molecule has 0 radical (unpaired) electrons. The van der Waals surface area contributed by atoms with Gasteiger partial charge >= 0.3 is 0 Å². The fourth-order valence-corrected chi connectivity index (χ4v) is 7.76. The molecule has 8 aromatic rings. The number of rotatable bonds is 3. The van der Waals surface area contributed by atoms with Gasteiger partial charge in [-0.2, -0.15) is 0 Å². The number of fused-ring (bicyclic) bond motifs is 3. The molecule has 7 aromatic carbocycles. The smallest absolute Gasteiger partial charge is 0.0541 e. The maximum absolute atomic E-state index is 2.49. The van der Waals surface area contributed by atoms with E-state index in [-0.39, 0.29) is 0 Å². The SMILES string of the molecule is c1ccc2c(c1)c1ccccc1n2-c1ccc(-c2ccc3ccc4cc(C5CCCCC5)cc5ccc2c3c45)cc1. The van der Waals surface area contributed by atoms with Gasteiger partial charge in [-0.05, 0) is 92.0 Å². The predicted octanol–water partition coefficient (Wildman–Crippen LogP) is 11.4. The van der Waals surface area contributed by atoms with Gasteiger partial charge in [0.05, 0.1) is 11.0 Å². The number of hydrogen-bond acceptors (Lipinski definition) is 0. The van der Waals surface area contributed by atoms with Gasteiger partial charge < -0.3 is 4.57 Å². The number of aromatic nitrogens is 1. The Labute approximate surface area is 240 Å². The van der Waals surface area contributed by atoms with Crippen molar-refractivity contribution in [2.75, 3.05) is 0 Å². The van der Waals surface area contributed by atoms with E-state index in [0.29, 0.717) is 5.92 Å². The molecular weight excluding hydrogens is 494 g/mol. The topological polar surface area (TPSA) is 4.93 Å². The molecule has 0 unspecified atom stereocenters. The van der Waals surface area contributed by atoms with E-state index in [4.69, 9.17) is 0 Å². The Bertz CT molecular complexity index is 2150. The zero-order valence-electron chi connectivity index (χ0n) is 23.1. The van der Waals surface area contributed by atoms with Crippen molar-refractivity contribution in [3.63, 3.8) is 0 Å². The zero-order valence-corrected chi connectivity index (χ0v) is 23.1. The van der Waals surface area contributed by atoms with E-state index in [1.807, 2.05) is 0 Å². The number of hydrogen-bond donors (Lipinski definition) is 0. The molecule has 1 aromatic heterocycles. The molecule has 41 heavy (non-hydrogen) atoms. The van der Waals surface area contributed by atoms with E-state index in [1.165, 1.54) is 109 Å². The van der Waals surface area contributed by atoms with Gasteiger partial charge in [-0.25, -0.2) is 0 Å². The predicted molar refractivity (Wildman–Crippen MR) is 176 cm³/mol. The third kappa shape index (κ3) is 3.48. The highest BCUT2D eigenvalue weighted by atomic mass is 15.0. The van der Waals surface area contributed by atoms with Gasteiger partial charge in [0.25, 0.3) is 0 Å². The molecule has 1 heteroatoms. The van der Waals surface area contributed by atoms with Gasteiger partial charge in [-0.1, -0.05) is 116 Å². The third-order valence-electron chi connectivity index (χ3n) is 9.71. The quantitative estimate of drug-likeness (QED) is 0.202. The molecule has 0 spiro atoms. The van der Waals surface area contributed by atoms with Crippen LogP contribution in [0.4, 0.5) is 0 Å². The van der Waals surface area contributed by atoms with Crippen molar-refractivity contribution < 1.29 is 0 Å². The van der Waals surface area contributed by atoms with Crippen LogP contribution in [-0.2, 0) is 0 Å². The highest BCUT2D eigenvalue weighted by molar-refractivity contribution is 6.25. The van der Waals surface area contributed by atoms with Gasteiger partial charge in [0.15, 0.2) is 0 Å². The van der Waals surface area contributed by atoms with Crippen LogP contribution >= 0.6 is 0 Å². The van der Waals surface area contributed by atoms with Gasteiger partial charge in [0, 0.05) is 16.5 Å². The largest absolute Gasteiger partial charge is 0.309 e. The van der Waals surface area contributed by atoms with Crippen LogP contribution in [0.1, 0.15) is 43.6 Å². The Morgan fingerprint density at radius 1 is 0.488 bits per heavy atom. The monoisotopic (exact) mass is 525 g/mol. The van der Waals surface area contributed by atoms with Crippen LogP contribution in [0.25, 0.3) is 70.9 Å². The van der Waals surface area contributed by atoms with Gasteiger partial charge in [-0.15, -0.1) is 0 Å². The highest BCUT2D eigenvalue weighted by Crippen LogP contribution is 2.42. The maximum atomic E-state index is 2.49. The lowest BCUT2D eigenvalue weighted by Crippen LogP contribution is -2.04. The molecule has 0 aliphatic heterocycles. The molecular formula is C40H31N. The first kappa shape index (κ1) is 23.1. The van der Waals surface area contributed by atoms with Gasteiger partial charge in [0.1, 0.15) is 0 Å². The van der Waals surface area contributed by atoms with Crippen LogP contribution in [0.2, 0.25) is 0 Å². The van der Waals surface area contributed by atoms with Crippen LogP contribution in [-0.4, -0.2) is 4.57 Å². The normalized spacial score (nSPS) is 14.7. The van der Waals surface area contributed by atoms with E-state index in [9.17, 15) is 0 Å². The summed E-state index contributed by atoms with van der Waals surface area (Å²) < 4.78 is 2.39. The first-order valence-corrected chi connectivity index (χ1v) is 15.1.